The van der Waals surface area contributed by atoms with E-state index in [1.165, 1.54) is 0 Å². The number of fused-ring (bicyclic) bond motifs is 1. The number of anilines is 4. The maximum atomic E-state index is 10.1. The first-order valence-corrected chi connectivity index (χ1v) is 9.15. The number of aromatic nitrogens is 5. The molecule has 8 heteroatoms. The molecule has 0 atom stereocenters. The van der Waals surface area contributed by atoms with E-state index in [9.17, 15) is 5.11 Å². The monoisotopic (exact) mass is 377 g/mol. The molecule has 0 fully saturated rings. The fraction of sp³-hybridized carbons (Fsp3) is 0.250. The Labute approximate surface area is 162 Å². The molecule has 4 aromatic rings. The van der Waals surface area contributed by atoms with Crippen molar-refractivity contribution < 1.29 is 5.11 Å². The van der Waals surface area contributed by atoms with E-state index in [-0.39, 0.29) is 5.75 Å². The summed E-state index contributed by atoms with van der Waals surface area (Å²) < 4.78 is 3.66. The van der Waals surface area contributed by atoms with Crippen LogP contribution >= 0.6 is 0 Å². The molecule has 3 heterocycles. The van der Waals surface area contributed by atoms with Crippen LogP contribution in [0.2, 0.25) is 0 Å². The Morgan fingerprint density at radius 3 is 2.61 bits per heavy atom. The lowest BCUT2D eigenvalue weighted by Crippen LogP contribution is -2.00. The summed E-state index contributed by atoms with van der Waals surface area (Å²) in [5.41, 5.74) is 3.66. The van der Waals surface area contributed by atoms with Crippen molar-refractivity contribution in [1.82, 2.24) is 24.5 Å². The quantitative estimate of drug-likeness (QED) is 0.487. The highest BCUT2D eigenvalue weighted by Gasteiger charge is 2.15. The van der Waals surface area contributed by atoms with Gasteiger partial charge in [0.05, 0.1) is 10.9 Å². The van der Waals surface area contributed by atoms with Gasteiger partial charge in [0.25, 0.3) is 0 Å². The Kier molecular flexibility index (Phi) is 4.38. The molecule has 1 aromatic carbocycles. The topological polar surface area (TPSA) is 92.8 Å². The Balaban J connectivity index is 1.73. The van der Waals surface area contributed by atoms with Gasteiger partial charge in [0.1, 0.15) is 11.6 Å². The normalized spacial score (nSPS) is 11.1. The van der Waals surface area contributed by atoms with E-state index in [1.54, 1.807) is 16.9 Å². The van der Waals surface area contributed by atoms with Gasteiger partial charge in [-0.25, -0.2) is 4.98 Å². The second-order valence-electron chi connectivity index (χ2n) is 6.78. The molecule has 0 aliphatic carbocycles. The van der Waals surface area contributed by atoms with E-state index >= 15 is 0 Å². The average molecular weight is 377 g/mol. The number of aromatic hydroxyl groups is 1. The van der Waals surface area contributed by atoms with Gasteiger partial charge in [0, 0.05) is 49.4 Å². The Morgan fingerprint density at radius 1 is 1.07 bits per heavy atom. The largest absolute Gasteiger partial charge is 0.508 e. The summed E-state index contributed by atoms with van der Waals surface area (Å²) in [6, 6.07) is 7.45. The van der Waals surface area contributed by atoms with Gasteiger partial charge in [-0.15, -0.1) is 0 Å². The predicted octanol–water partition coefficient (Wildman–Crippen LogP) is 3.99. The van der Waals surface area contributed by atoms with Crippen LogP contribution in [0.1, 0.15) is 18.1 Å². The van der Waals surface area contributed by atoms with Gasteiger partial charge in [-0.2, -0.15) is 10.2 Å². The van der Waals surface area contributed by atoms with Crippen LogP contribution in [0.4, 0.5) is 23.1 Å². The molecule has 8 nitrogen and oxygen atoms in total. The van der Waals surface area contributed by atoms with Crippen LogP contribution in [0.25, 0.3) is 10.9 Å². The molecule has 144 valence electrons. The summed E-state index contributed by atoms with van der Waals surface area (Å²) in [6.07, 6.45) is 3.68. The SMILES string of the molecule is CCn1nc(Nc2c(C)ccc(O)c2C)c2cnc(Nc3ccn(C)n3)cc21. The molecule has 0 saturated carbocycles. The lowest BCUT2D eigenvalue weighted by molar-refractivity contribution is 0.471. The maximum absolute atomic E-state index is 10.1. The number of pyridine rings is 1. The summed E-state index contributed by atoms with van der Waals surface area (Å²) in [7, 11) is 1.87. The zero-order valence-electron chi connectivity index (χ0n) is 16.4. The molecule has 0 amide bonds. The third-order valence-corrected chi connectivity index (χ3v) is 4.79. The lowest BCUT2D eigenvalue weighted by atomic mass is 10.1. The van der Waals surface area contributed by atoms with Crippen LogP contribution in [-0.4, -0.2) is 29.7 Å². The minimum absolute atomic E-state index is 0.257. The van der Waals surface area contributed by atoms with Crippen molar-refractivity contribution >= 4 is 34.0 Å². The average Bonchev–Trinajstić information content (AvgIpc) is 3.25. The molecule has 0 unspecified atom stereocenters. The number of phenols is 1. The highest BCUT2D eigenvalue weighted by molar-refractivity contribution is 5.93. The molecule has 28 heavy (non-hydrogen) atoms. The standard InChI is InChI=1S/C20H23N7O/c1-5-27-15-10-18(22-17-8-9-26(4)24-17)21-11-14(15)20(25-27)23-19-12(2)6-7-16(28)13(19)3/h6-11,28H,5H2,1-4H3,(H,23,25)(H,21,22,24). The summed E-state index contributed by atoms with van der Waals surface area (Å²) in [5, 5.41) is 26.6. The van der Waals surface area contributed by atoms with Gasteiger partial charge in [-0.05, 0) is 32.4 Å². The third kappa shape index (κ3) is 3.13. The van der Waals surface area contributed by atoms with Crippen LogP contribution in [-0.2, 0) is 13.6 Å². The molecule has 0 aliphatic rings. The molecule has 0 aliphatic heterocycles. The van der Waals surface area contributed by atoms with Crippen molar-refractivity contribution in [2.75, 3.05) is 10.6 Å². The molecule has 4 rings (SSSR count). The van der Waals surface area contributed by atoms with Crippen molar-refractivity contribution in [3.8, 4) is 5.75 Å². The molecular formula is C20H23N7O. The first kappa shape index (κ1) is 17.8. The summed E-state index contributed by atoms with van der Waals surface area (Å²) in [6.45, 7) is 6.66. The molecule has 0 bridgehead atoms. The van der Waals surface area contributed by atoms with Crippen LogP contribution in [0.5, 0.6) is 5.75 Å². The van der Waals surface area contributed by atoms with Crippen molar-refractivity contribution in [2.45, 2.75) is 27.3 Å². The van der Waals surface area contributed by atoms with Gasteiger partial charge in [-0.3, -0.25) is 9.36 Å². The van der Waals surface area contributed by atoms with Gasteiger partial charge in [0.2, 0.25) is 0 Å². The van der Waals surface area contributed by atoms with Crippen molar-refractivity contribution in [1.29, 1.82) is 0 Å². The number of phenolic OH excluding ortho intramolecular Hbond substituents is 1. The minimum Gasteiger partial charge on any atom is -0.508 e. The highest BCUT2D eigenvalue weighted by atomic mass is 16.3. The molecular weight excluding hydrogens is 354 g/mol. The van der Waals surface area contributed by atoms with E-state index in [2.05, 4.69) is 20.7 Å². The van der Waals surface area contributed by atoms with Gasteiger partial charge in [0.15, 0.2) is 11.6 Å². The number of nitrogens with zero attached hydrogens (tertiary/aromatic N) is 5. The van der Waals surface area contributed by atoms with Crippen LogP contribution < -0.4 is 10.6 Å². The fourth-order valence-electron chi connectivity index (χ4n) is 3.23. The number of hydrogen-bond acceptors (Lipinski definition) is 6. The smallest absolute Gasteiger partial charge is 0.161 e. The number of aryl methyl sites for hydroxylation is 3. The van der Waals surface area contributed by atoms with Crippen LogP contribution in [0.15, 0.2) is 36.7 Å². The van der Waals surface area contributed by atoms with E-state index in [1.807, 2.05) is 56.9 Å². The summed E-state index contributed by atoms with van der Waals surface area (Å²) >= 11 is 0. The number of nitrogens with one attached hydrogen (secondary N) is 2. The second kappa shape index (κ2) is 6.88. The zero-order valence-corrected chi connectivity index (χ0v) is 16.4. The van der Waals surface area contributed by atoms with E-state index in [0.717, 1.165) is 40.1 Å². The van der Waals surface area contributed by atoms with Gasteiger partial charge < -0.3 is 15.7 Å². The number of rotatable bonds is 5. The summed E-state index contributed by atoms with van der Waals surface area (Å²) in [4.78, 5) is 4.52. The number of benzene rings is 1. The molecule has 0 radical (unpaired) electrons. The van der Waals surface area contributed by atoms with Gasteiger partial charge in [-0.1, -0.05) is 6.07 Å². The zero-order chi connectivity index (χ0) is 19.8. The number of hydrogen-bond donors (Lipinski definition) is 3. The van der Waals surface area contributed by atoms with Crippen LogP contribution in [0.3, 0.4) is 0 Å². The van der Waals surface area contributed by atoms with Crippen LogP contribution in [0, 0.1) is 13.8 Å². The van der Waals surface area contributed by atoms with Crippen molar-refractivity contribution in [3.63, 3.8) is 0 Å². The van der Waals surface area contributed by atoms with E-state index < -0.39 is 0 Å². The predicted molar refractivity (Wildman–Crippen MR) is 111 cm³/mol. The Hall–Kier alpha value is -3.55. The first-order valence-electron chi connectivity index (χ1n) is 9.15. The molecule has 0 saturated heterocycles. The lowest BCUT2D eigenvalue weighted by Gasteiger charge is -2.12. The van der Waals surface area contributed by atoms with Crippen molar-refractivity contribution in [3.05, 3.63) is 47.8 Å². The second-order valence-corrected chi connectivity index (χ2v) is 6.78. The highest BCUT2D eigenvalue weighted by Crippen LogP contribution is 2.33. The third-order valence-electron chi connectivity index (χ3n) is 4.79. The van der Waals surface area contributed by atoms with Gasteiger partial charge >= 0.3 is 0 Å². The minimum atomic E-state index is 0.257. The summed E-state index contributed by atoms with van der Waals surface area (Å²) in [5.74, 6) is 2.41. The fourth-order valence-corrected chi connectivity index (χ4v) is 3.23. The van der Waals surface area contributed by atoms with E-state index in [4.69, 9.17) is 5.10 Å². The Morgan fingerprint density at radius 2 is 1.89 bits per heavy atom. The first-order chi connectivity index (χ1) is 13.5. The van der Waals surface area contributed by atoms with Crippen molar-refractivity contribution in [2.24, 2.45) is 7.05 Å². The molecule has 3 aromatic heterocycles. The molecule has 0 spiro atoms. The van der Waals surface area contributed by atoms with E-state index in [0.29, 0.717) is 11.6 Å². The molecule has 3 N–H and O–H groups in total. The Bertz CT molecular complexity index is 1160. The maximum Gasteiger partial charge on any atom is 0.161 e.